The van der Waals surface area contributed by atoms with E-state index in [0.29, 0.717) is 0 Å². The third kappa shape index (κ3) is 10.7. The van der Waals surface area contributed by atoms with Gasteiger partial charge in [0.15, 0.2) is 0 Å². The van der Waals surface area contributed by atoms with Crippen LogP contribution in [-0.4, -0.2) is 30.1 Å². The molecule has 4 heavy (non-hydrogen) atoms. The summed E-state index contributed by atoms with van der Waals surface area (Å²) in [6, 6.07) is 0. The van der Waals surface area contributed by atoms with Crippen molar-refractivity contribution in [2.24, 2.45) is 0 Å². The Kier molecular flexibility index (Phi) is 141. The van der Waals surface area contributed by atoms with Crippen LogP contribution in [-0.2, 0) is 0 Å². The van der Waals surface area contributed by atoms with Gasteiger partial charge >= 0.3 is 23.1 Å². The number of hydrogen-bond donors (Lipinski definition) is 0. The van der Waals surface area contributed by atoms with Crippen LogP contribution >= 0.6 is 0 Å². The van der Waals surface area contributed by atoms with Gasteiger partial charge < -0.3 is 22.7 Å². The second kappa shape index (κ2) is 29.7. The van der Waals surface area contributed by atoms with Crippen LogP contribution in [0.5, 0.6) is 0 Å². The van der Waals surface area contributed by atoms with Crippen molar-refractivity contribution in [1.29, 1.82) is 0 Å². The smallest absolute Gasteiger partial charge is 1.00 e. The zero-order valence-corrected chi connectivity index (χ0v) is 5.59. The van der Waals surface area contributed by atoms with Gasteiger partial charge in [-0.15, -0.1) is 0 Å². The van der Waals surface area contributed by atoms with Crippen LogP contribution in [0.4, 0.5) is 0 Å². The Morgan fingerprint density at radius 1 is 1.25 bits per heavy atom. The second-order valence-electron chi connectivity index (χ2n) is 0. The molecule has 1 N–H and O–H groups in total. The normalized spacial score (nSPS) is 1.50. The van der Waals surface area contributed by atoms with Gasteiger partial charge in [0.2, 0.25) is 0 Å². The molecule has 0 fully saturated rings. The first-order valence-corrected chi connectivity index (χ1v) is 0.500. The van der Waals surface area contributed by atoms with E-state index in [1.807, 2.05) is 0 Å². The summed E-state index contributed by atoms with van der Waals surface area (Å²) in [5.74, 6) is 0. The van der Waals surface area contributed by atoms with Gasteiger partial charge in [0, 0.05) is 0 Å². The zero-order chi connectivity index (χ0) is 2.00. The van der Waals surface area contributed by atoms with Gasteiger partial charge in [-0.05, 0) is 0 Å². The number of halogens is 1. The fourth-order valence-electron chi connectivity index (χ4n) is 0. The molecule has 0 aromatic heterocycles. The molecule has 0 rings (SSSR count). The van der Waals surface area contributed by atoms with Crippen LogP contribution in [0.2, 0.25) is 0 Å². The summed E-state index contributed by atoms with van der Waals surface area (Å²) in [7, 11) is 1.25. The molecule has 0 spiro atoms. The molecule has 1 nitrogen and oxygen atoms in total. The molecule has 0 aromatic rings. The van der Waals surface area contributed by atoms with E-state index in [4.69, 9.17) is 5.73 Å². The van der Waals surface area contributed by atoms with Crippen molar-refractivity contribution in [1.82, 2.24) is 0 Å². The van der Waals surface area contributed by atoms with Crippen LogP contribution in [0.1, 0.15) is 0 Å². The Hall–Kier alpha value is 1.21. The van der Waals surface area contributed by atoms with E-state index >= 15 is 0 Å². The van der Waals surface area contributed by atoms with E-state index in [1.54, 1.807) is 0 Å². The molecule has 0 bridgehead atoms. The predicted molar refractivity (Wildman–Crippen MR) is 16.0 cm³/mol. The summed E-state index contributed by atoms with van der Waals surface area (Å²) in [6.07, 6.45) is 0. The monoisotopic (exact) mass is 133 g/mol. The van der Waals surface area contributed by atoms with Gasteiger partial charge in [-0.3, -0.25) is 0 Å². The Morgan fingerprint density at radius 2 is 1.25 bits per heavy atom. The molecule has 0 aromatic carbocycles. The molecule has 0 amide bonds. The van der Waals surface area contributed by atoms with Gasteiger partial charge in [-0.25, -0.2) is 0 Å². The van der Waals surface area contributed by atoms with E-state index in [0.717, 1.165) is 0 Å². The van der Waals surface area contributed by atoms with Crippen molar-refractivity contribution in [3.8, 4) is 0 Å². The van der Waals surface area contributed by atoms with E-state index in [9.17, 15) is 0 Å². The summed E-state index contributed by atoms with van der Waals surface area (Å²) in [5.41, 5.74) is 5.75. The standard InChI is InChI=1S/CH4N.BrH.Mg/c1-2;;/h2H,1H3;1H;/q-1;;+2/p-1. The minimum atomic E-state index is 0. The van der Waals surface area contributed by atoms with Crippen molar-refractivity contribution < 1.29 is 17.0 Å². The van der Waals surface area contributed by atoms with Gasteiger partial charge in [0.05, 0.1) is 0 Å². The third-order valence-corrected chi connectivity index (χ3v) is 0. The van der Waals surface area contributed by atoms with Gasteiger partial charge in [0.1, 0.15) is 0 Å². The summed E-state index contributed by atoms with van der Waals surface area (Å²) >= 11 is 0. The first-order valence-electron chi connectivity index (χ1n) is 0.500. The fourth-order valence-corrected chi connectivity index (χ4v) is 0. The van der Waals surface area contributed by atoms with Crippen LogP contribution in [0, 0.1) is 0 Å². The van der Waals surface area contributed by atoms with E-state index in [2.05, 4.69) is 0 Å². The first-order chi connectivity index (χ1) is 1.00. The molecule has 3 heteroatoms. The molecule has 0 unspecified atom stereocenters. The zero-order valence-electron chi connectivity index (χ0n) is 2.59. The minimum absolute atomic E-state index is 0. The fraction of sp³-hybridized carbons (Fsp3) is 1.00. The Bertz CT molecular complexity index is 8.00. The first kappa shape index (κ1) is 18.9. The van der Waals surface area contributed by atoms with Crippen molar-refractivity contribution in [2.75, 3.05) is 7.05 Å². The molecule has 0 atom stereocenters. The van der Waals surface area contributed by atoms with Crippen LogP contribution < -0.4 is 17.0 Å². The van der Waals surface area contributed by atoms with Gasteiger partial charge in [-0.2, -0.15) is 7.05 Å². The molecule has 0 heterocycles. The second-order valence-corrected chi connectivity index (χ2v) is 0. The topological polar surface area (TPSA) is 23.8 Å². The molecule has 0 aliphatic rings. The van der Waals surface area contributed by atoms with Crippen molar-refractivity contribution in [3.63, 3.8) is 0 Å². The number of hydrogen-bond acceptors (Lipinski definition) is 0. The maximum Gasteiger partial charge on any atom is 2.00 e. The predicted octanol–water partition coefficient (Wildman–Crippen LogP) is -2.71. The Morgan fingerprint density at radius 3 is 1.25 bits per heavy atom. The molecular weight excluding hydrogens is 130 g/mol. The van der Waals surface area contributed by atoms with Crippen LogP contribution in [0.3, 0.4) is 0 Å². The number of nitrogens with one attached hydrogen (secondary N) is 1. The molecular formula is CH4BrMgN. The third-order valence-electron chi connectivity index (χ3n) is 0. The summed E-state index contributed by atoms with van der Waals surface area (Å²) < 4.78 is 0. The van der Waals surface area contributed by atoms with Crippen molar-refractivity contribution >= 4 is 23.1 Å². The number of rotatable bonds is 0. The molecule has 0 saturated heterocycles. The van der Waals surface area contributed by atoms with E-state index in [1.165, 1.54) is 7.05 Å². The SMILES string of the molecule is C[NH-].[Br-].[Mg+2]. The summed E-state index contributed by atoms with van der Waals surface area (Å²) in [5, 5.41) is 0. The van der Waals surface area contributed by atoms with E-state index < -0.39 is 0 Å². The van der Waals surface area contributed by atoms with Gasteiger partial charge in [0.25, 0.3) is 0 Å². The molecule has 22 valence electrons. The molecule has 0 aliphatic heterocycles. The molecule has 0 aliphatic carbocycles. The average Bonchev–Trinajstić information content (AvgIpc) is 1.00. The van der Waals surface area contributed by atoms with Crippen molar-refractivity contribution in [3.05, 3.63) is 5.73 Å². The largest absolute Gasteiger partial charge is 2.00 e. The van der Waals surface area contributed by atoms with Crippen molar-refractivity contribution in [2.45, 2.75) is 0 Å². The maximum atomic E-state index is 5.75. The average molecular weight is 134 g/mol. The summed E-state index contributed by atoms with van der Waals surface area (Å²) in [4.78, 5) is 0. The molecule has 0 saturated carbocycles. The Labute approximate surface area is 52.9 Å². The molecule has 0 radical (unpaired) electrons. The van der Waals surface area contributed by atoms with Crippen LogP contribution in [0.15, 0.2) is 0 Å². The maximum absolute atomic E-state index is 5.75. The summed E-state index contributed by atoms with van der Waals surface area (Å²) in [6.45, 7) is 0. The minimum Gasteiger partial charge on any atom is -1.00 e. The quantitative estimate of drug-likeness (QED) is 0.322. The van der Waals surface area contributed by atoms with Gasteiger partial charge in [-0.1, -0.05) is 0 Å². The van der Waals surface area contributed by atoms with E-state index in [-0.39, 0.29) is 40.0 Å². The Balaban J connectivity index is -0.00000000500. The van der Waals surface area contributed by atoms with Crippen LogP contribution in [0.25, 0.3) is 5.73 Å².